The molecule has 3 saturated carbocycles. The molecule has 3 unspecified atom stereocenters. The van der Waals surface area contributed by atoms with E-state index in [0.29, 0.717) is 36.5 Å². The highest BCUT2D eigenvalue weighted by molar-refractivity contribution is 5.92. The number of carbonyl (C=O) groups is 2. The zero-order valence-electron chi connectivity index (χ0n) is 17.8. The van der Waals surface area contributed by atoms with E-state index >= 15 is 0 Å². The first-order chi connectivity index (χ1) is 13.3. The number of fused-ring (bicyclic) bond motifs is 5. The highest BCUT2D eigenvalue weighted by Gasteiger charge is 2.60. The molecular formula is C24H37NO3. The second-order valence-electron chi connectivity index (χ2n) is 10.4. The van der Waals surface area contributed by atoms with Gasteiger partial charge in [-0.15, -0.1) is 0 Å². The Balaban J connectivity index is 1.59. The van der Waals surface area contributed by atoms with Crippen LogP contribution in [0.25, 0.3) is 0 Å². The maximum absolute atomic E-state index is 12.5. The zero-order chi connectivity index (χ0) is 20.1. The summed E-state index contributed by atoms with van der Waals surface area (Å²) >= 11 is 0. The number of nitrogens with one attached hydrogen (secondary N) is 1. The van der Waals surface area contributed by atoms with Crippen LogP contribution in [0.1, 0.15) is 78.1 Å². The molecule has 7 atom stereocenters. The molecule has 4 nitrogen and oxygen atoms in total. The van der Waals surface area contributed by atoms with Gasteiger partial charge < -0.3 is 10.4 Å². The summed E-state index contributed by atoms with van der Waals surface area (Å²) in [6.07, 6.45) is 11.5. The van der Waals surface area contributed by atoms with Crippen LogP contribution in [0.2, 0.25) is 0 Å². The Kier molecular flexibility index (Phi) is 5.22. The largest absolute Gasteiger partial charge is 0.393 e. The predicted octanol–water partition coefficient (Wildman–Crippen LogP) is 4.02. The molecule has 0 aliphatic heterocycles. The molecule has 4 rings (SSSR count). The molecule has 4 aliphatic rings. The monoisotopic (exact) mass is 387 g/mol. The van der Waals surface area contributed by atoms with Crippen molar-refractivity contribution in [3.63, 3.8) is 0 Å². The minimum atomic E-state index is -0.139. The summed E-state index contributed by atoms with van der Waals surface area (Å²) in [6, 6.07) is 0. The van der Waals surface area contributed by atoms with Gasteiger partial charge in [0.1, 0.15) is 0 Å². The van der Waals surface area contributed by atoms with E-state index in [2.05, 4.69) is 19.2 Å². The van der Waals surface area contributed by atoms with Crippen LogP contribution in [0.5, 0.6) is 0 Å². The lowest BCUT2D eigenvalue weighted by Crippen LogP contribution is -2.54. The lowest BCUT2D eigenvalue weighted by Gasteiger charge is -2.60. The van der Waals surface area contributed by atoms with E-state index in [1.54, 1.807) is 7.05 Å². The number of amides is 1. The standard InChI is InChI=1S/C24H37NO3/c1-23-12-11-20-18(19(23)9-10-21(23)27)8-7-16-14-17(26)13-15(24(16,20)2)5-4-6-22(28)25-3/h14-15,18-21,27H,4-13H2,1-3H3,(H,25,28)/t15-,18?,19?,20?,21-,23-,24-/m0/s1. The molecule has 0 bridgehead atoms. The lowest BCUT2D eigenvalue weighted by atomic mass is 9.45. The van der Waals surface area contributed by atoms with Gasteiger partial charge in [0, 0.05) is 19.9 Å². The molecular weight excluding hydrogens is 350 g/mol. The Hall–Kier alpha value is -1.16. The normalized spacial score (nSPS) is 44.9. The molecule has 0 aromatic heterocycles. The Morgan fingerprint density at radius 1 is 1.21 bits per heavy atom. The third-order valence-electron chi connectivity index (χ3n) is 9.46. The number of rotatable bonds is 4. The number of hydrogen-bond acceptors (Lipinski definition) is 3. The number of ketones is 1. The van der Waals surface area contributed by atoms with Gasteiger partial charge in [-0.3, -0.25) is 9.59 Å². The fourth-order valence-electron chi connectivity index (χ4n) is 7.77. The van der Waals surface area contributed by atoms with Crippen molar-refractivity contribution in [3.05, 3.63) is 11.6 Å². The van der Waals surface area contributed by atoms with Gasteiger partial charge in [0.05, 0.1) is 6.10 Å². The highest BCUT2D eigenvalue weighted by atomic mass is 16.3. The maximum atomic E-state index is 12.5. The summed E-state index contributed by atoms with van der Waals surface area (Å²) in [5.41, 5.74) is 1.57. The number of aliphatic hydroxyl groups excluding tert-OH is 1. The second-order valence-corrected chi connectivity index (χ2v) is 10.4. The molecule has 4 aliphatic carbocycles. The number of aliphatic hydroxyl groups is 1. The third-order valence-corrected chi connectivity index (χ3v) is 9.46. The van der Waals surface area contributed by atoms with E-state index in [1.165, 1.54) is 18.4 Å². The topological polar surface area (TPSA) is 66.4 Å². The first-order valence-electron chi connectivity index (χ1n) is 11.4. The van der Waals surface area contributed by atoms with Crippen molar-refractivity contribution < 1.29 is 14.7 Å². The smallest absolute Gasteiger partial charge is 0.219 e. The van der Waals surface area contributed by atoms with E-state index < -0.39 is 0 Å². The molecule has 2 N–H and O–H groups in total. The van der Waals surface area contributed by atoms with E-state index in [4.69, 9.17) is 0 Å². The van der Waals surface area contributed by atoms with Crippen LogP contribution < -0.4 is 5.32 Å². The Bertz CT molecular complexity index is 685. The van der Waals surface area contributed by atoms with Gasteiger partial charge in [0.15, 0.2) is 5.78 Å². The van der Waals surface area contributed by atoms with Crippen molar-refractivity contribution in [2.75, 3.05) is 7.05 Å². The van der Waals surface area contributed by atoms with Crippen LogP contribution >= 0.6 is 0 Å². The van der Waals surface area contributed by atoms with Gasteiger partial charge in [-0.1, -0.05) is 19.4 Å². The molecule has 28 heavy (non-hydrogen) atoms. The average Bonchev–Trinajstić information content (AvgIpc) is 2.97. The van der Waals surface area contributed by atoms with Crippen molar-refractivity contribution in [1.29, 1.82) is 0 Å². The number of allylic oxidation sites excluding steroid dienone is 1. The van der Waals surface area contributed by atoms with Crippen LogP contribution in [-0.4, -0.2) is 29.9 Å². The van der Waals surface area contributed by atoms with E-state index in [9.17, 15) is 14.7 Å². The molecule has 3 fully saturated rings. The quantitative estimate of drug-likeness (QED) is 0.766. The average molecular weight is 388 g/mol. The predicted molar refractivity (Wildman–Crippen MR) is 110 cm³/mol. The van der Waals surface area contributed by atoms with Gasteiger partial charge in [-0.05, 0) is 91.9 Å². The number of carbonyl (C=O) groups excluding carboxylic acids is 2. The fourth-order valence-corrected chi connectivity index (χ4v) is 7.77. The first kappa shape index (κ1) is 20.1. The fraction of sp³-hybridized carbons (Fsp3) is 0.833. The molecule has 0 saturated heterocycles. The summed E-state index contributed by atoms with van der Waals surface area (Å²) in [5.74, 6) is 2.66. The van der Waals surface area contributed by atoms with Crippen molar-refractivity contribution in [1.82, 2.24) is 5.32 Å². The van der Waals surface area contributed by atoms with Gasteiger partial charge in [-0.25, -0.2) is 0 Å². The Morgan fingerprint density at radius 2 is 2.00 bits per heavy atom. The van der Waals surface area contributed by atoms with E-state index in [1.807, 2.05) is 6.08 Å². The molecule has 4 heteroatoms. The van der Waals surface area contributed by atoms with Gasteiger partial charge in [-0.2, -0.15) is 0 Å². The number of hydrogen-bond donors (Lipinski definition) is 2. The molecule has 156 valence electrons. The molecule has 0 radical (unpaired) electrons. The van der Waals surface area contributed by atoms with Gasteiger partial charge in [0.2, 0.25) is 5.91 Å². The van der Waals surface area contributed by atoms with Gasteiger partial charge in [0.25, 0.3) is 0 Å². The van der Waals surface area contributed by atoms with Crippen LogP contribution in [0, 0.1) is 34.5 Å². The molecule has 0 aromatic carbocycles. The van der Waals surface area contributed by atoms with E-state index in [-0.39, 0.29) is 28.6 Å². The highest BCUT2D eigenvalue weighted by Crippen LogP contribution is 2.66. The summed E-state index contributed by atoms with van der Waals surface area (Å²) in [4.78, 5) is 24.2. The van der Waals surface area contributed by atoms with Crippen molar-refractivity contribution in [3.8, 4) is 0 Å². The third kappa shape index (κ3) is 2.98. The lowest BCUT2D eigenvalue weighted by molar-refractivity contribution is -0.122. The van der Waals surface area contributed by atoms with Crippen LogP contribution in [0.4, 0.5) is 0 Å². The minimum absolute atomic E-state index is 0.0917. The van der Waals surface area contributed by atoms with Crippen molar-refractivity contribution in [2.24, 2.45) is 34.5 Å². The van der Waals surface area contributed by atoms with Crippen LogP contribution in [0.15, 0.2) is 11.6 Å². The summed E-state index contributed by atoms with van der Waals surface area (Å²) < 4.78 is 0. The van der Waals surface area contributed by atoms with E-state index in [0.717, 1.165) is 38.5 Å². The van der Waals surface area contributed by atoms with Crippen LogP contribution in [0.3, 0.4) is 0 Å². The van der Waals surface area contributed by atoms with Crippen molar-refractivity contribution in [2.45, 2.75) is 84.2 Å². The van der Waals surface area contributed by atoms with Crippen molar-refractivity contribution >= 4 is 11.7 Å². The summed E-state index contributed by atoms with van der Waals surface area (Å²) in [5, 5.41) is 13.4. The summed E-state index contributed by atoms with van der Waals surface area (Å²) in [6.45, 7) is 4.76. The maximum Gasteiger partial charge on any atom is 0.219 e. The van der Waals surface area contributed by atoms with Gasteiger partial charge >= 0.3 is 0 Å². The second kappa shape index (κ2) is 7.27. The molecule has 0 heterocycles. The SMILES string of the molecule is CNC(=O)CCC[C@H]1CC(=O)C=C2CCC3C4CC[C@H](O)[C@@]4(C)CCC3[C@]21C. The Morgan fingerprint density at radius 3 is 2.75 bits per heavy atom. The zero-order valence-corrected chi connectivity index (χ0v) is 17.8. The molecule has 0 aromatic rings. The minimum Gasteiger partial charge on any atom is -0.393 e. The summed E-state index contributed by atoms with van der Waals surface area (Å²) in [7, 11) is 1.69. The molecule has 0 spiro atoms. The molecule has 1 amide bonds. The Labute approximate surface area is 169 Å². The van der Waals surface area contributed by atoms with Crippen LogP contribution in [-0.2, 0) is 9.59 Å². The first-order valence-corrected chi connectivity index (χ1v) is 11.4.